The fourth-order valence-corrected chi connectivity index (χ4v) is 3.47. The van der Waals surface area contributed by atoms with Crippen LogP contribution in [0.2, 0.25) is 0 Å². The van der Waals surface area contributed by atoms with Crippen molar-refractivity contribution in [1.29, 1.82) is 0 Å². The van der Waals surface area contributed by atoms with E-state index in [2.05, 4.69) is 9.46 Å². The van der Waals surface area contributed by atoms with Crippen molar-refractivity contribution in [2.75, 3.05) is 13.7 Å². The molecule has 1 aromatic rings. The Labute approximate surface area is 123 Å². The fourth-order valence-electron chi connectivity index (χ4n) is 1.29. The van der Waals surface area contributed by atoms with Gasteiger partial charge in [0.15, 0.2) is 0 Å². The molecule has 114 valence electrons. The molecule has 1 N–H and O–H groups in total. The van der Waals surface area contributed by atoms with Gasteiger partial charge in [0, 0.05) is 0 Å². The minimum Gasteiger partial charge on any atom is -0.468 e. The molecule has 0 saturated carbocycles. The standard InChI is InChI=1S/C12H19NO5S2/c1-12(2,3)18-8-9(11(14)17-4)13-20(15,16)10-6-5-7-19-10/h5-7,9,13H,8H2,1-4H3. The highest BCUT2D eigenvalue weighted by Gasteiger charge is 2.28. The van der Waals surface area contributed by atoms with Gasteiger partial charge in [0.1, 0.15) is 10.3 Å². The molecule has 0 aliphatic carbocycles. The average molecular weight is 321 g/mol. The van der Waals surface area contributed by atoms with Crippen LogP contribution in [0.25, 0.3) is 0 Å². The molecule has 0 spiro atoms. The summed E-state index contributed by atoms with van der Waals surface area (Å²) in [5.41, 5.74) is -0.485. The number of carbonyl (C=O) groups is 1. The quantitative estimate of drug-likeness (QED) is 0.801. The first-order valence-electron chi connectivity index (χ1n) is 5.93. The lowest BCUT2D eigenvalue weighted by Crippen LogP contribution is -2.45. The van der Waals surface area contributed by atoms with Crippen LogP contribution in [0.5, 0.6) is 0 Å². The van der Waals surface area contributed by atoms with Crippen molar-refractivity contribution in [3.8, 4) is 0 Å². The van der Waals surface area contributed by atoms with Gasteiger partial charge < -0.3 is 9.47 Å². The van der Waals surface area contributed by atoms with Crippen LogP contribution in [0.1, 0.15) is 20.8 Å². The first-order chi connectivity index (χ1) is 9.15. The molecule has 1 heterocycles. The highest BCUT2D eigenvalue weighted by atomic mass is 32.2. The first kappa shape index (κ1) is 17.1. The summed E-state index contributed by atoms with van der Waals surface area (Å²) in [7, 11) is -2.55. The Bertz CT molecular complexity index is 531. The fraction of sp³-hybridized carbons (Fsp3) is 0.583. The zero-order valence-corrected chi connectivity index (χ0v) is 13.5. The number of thiophene rings is 1. The normalized spacial score (nSPS) is 14.0. The summed E-state index contributed by atoms with van der Waals surface area (Å²) < 4.78 is 36.7. The summed E-state index contributed by atoms with van der Waals surface area (Å²) >= 11 is 1.07. The third kappa shape index (κ3) is 5.20. The molecule has 0 radical (unpaired) electrons. The number of hydrogen-bond acceptors (Lipinski definition) is 6. The molecule has 0 amide bonds. The summed E-state index contributed by atoms with van der Waals surface area (Å²) in [5.74, 6) is -0.686. The van der Waals surface area contributed by atoms with E-state index in [1.165, 1.54) is 13.2 Å². The number of esters is 1. The topological polar surface area (TPSA) is 81.7 Å². The monoisotopic (exact) mass is 321 g/mol. The Kier molecular flexibility index (Phi) is 5.69. The van der Waals surface area contributed by atoms with E-state index in [0.717, 1.165) is 11.3 Å². The highest BCUT2D eigenvalue weighted by Crippen LogP contribution is 2.16. The third-order valence-electron chi connectivity index (χ3n) is 2.23. The van der Waals surface area contributed by atoms with E-state index in [-0.39, 0.29) is 10.8 Å². The van der Waals surface area contributed by atoms with Gasteiger partial charge in [0.25, 0.3) is 10.0 Å². The molecule has 0 saturated heterocycles. The molecule has 1 aromatic heterocycles. The van der Waals surface area contributed by atoms with Crippen LogP contribution in [-0.2, 0) is 24.3 Å². The largest absolute Gasteiger partial charge is 0.468 e. The van der Waals surface area contributed by atoms with Gasteiger partial charge in [0.05, 0.1) is 19.3 Å². The van der Waals surface area contributed by atoms with Crippen molar-refractivity contribution >= 4 is 27.3 Å². The number of carbonyl (C=O) groups excluding carboxylic acids is 1. The van der Waals surface area contributed by atoms with Gasteiger partial charge in [-0.2, -0.15) is 4.72 Å². The Morgan fingerprint density at radius 1 is 1.45 bits per heavy atom. The lowest BCUT2D eigenvalue weighted by atomic mass is 10.2. The Morgan fingerprint density at radius 3 is 2.55 bits per heavy atom. The van der Waals surface area contributed by atoms with E-state index in [1.54, 1.807) is 11.4 Å². The van der Waals surface area contributed by atoms with E-state index >= 15 is 0 Å². The molecule has 0 aliphatic rings. The first-order valence-corrected chi connectivity index (χ1v) is 8.29. The van der Waals surface area contributed by atoms with E-state index in [9.17, 15) is 13.2 Å². The van der Waals surface area contributed by atoms with Crippen LogP contribution in [0, 0.1) is 0 Å². The van der Waals surface area contributed by atoms with Crippen LogP contribution in [0.4, 0.5) is 0 Å². The van der Waals surface area contributed by atoms with Crippen molar-refractivity contribution < 1.29 is 22.7 Å². The molecule has 0 fully saturated rings. The van der Waals surface area contributed by atoms with E-state index in [1.807, 2.05) is 20.8 Å². The second kappa shape index (κ2) is 6.66. The number of hydrogen-bond donors (Lipinski definition) is 1. The molecule has 6 nitrogen and oxygen atoms in total. The third-order valence-corrected chi connectivity index (χ3v) is 5.10. The second-order valence-electron chi connectivity index (χ2n) is 5.05. The van der Waals surface area contributed by atoms with Crippen LogP contribution < -0.4 is 4.72 Å². The summed E-state index contributed by atoms with van der Waals surface area (Å²) in [6.07, 6.45) is 0. The number of ether oxygens (including phenoxy) is 2. The highest BCUT2D eigenvalue weighted by molar-refractivity contribution is 7.91. The van der Waals surface area contributed by atoms with Gasteiger partial charge in [0.2, 0.25) is 0 Å². The molecule has 1 rings (SSSR count). The predicted octanol–water partition coefficient (Wildman–Crippen LogP) is 1.38. The maximum atomic E-state index is 12.1. The van der Waals surface area contributed by atoms with Gasteiger partial charge in [-0.3, -0.25) is 4.79 Å². The number of sulfonamides is 1. The predicted molar refractivity (Wildman–Crippen MR) is 76.1 cm³/mol. The van der Waals surface area contributed by atoms with Crippen LogP contribution >= 0.6 is 11.3 Å². The molecule has 0 bridgehead atoms. The van der Waals surface area contributed by atoms with Crippen molar-refractivity contribution in [3.05, 3.63) is 17.5 Å². The maximum Gasteiger partial charge on any atom is 0.326 e. The zero-order valence-electron chi connectivity index (χ0n) is 11.9. The lowest BCUT2D eigenvalue weighted by molar-refractivity contribution is -0.145. The molecule has 0 aromatic carbocycles. The minimum atomic E-state index is -3.75. The average Bonchev–Trinajstić information content (AvgIpc) is 2.86. The lowest BCUT2D eigenvalue weighted by Gasteiger charge is -2.23. The number of methoxy groups -OCH3 is 1. The smallest absolute Gasteiger partial charge is 0.326 e. The van der Waals surface area contributed by atoms with Gasteiger partial charge >= 0.3 is 5.97 Å². The summed E-state index contributed by atoms with van der Waals surface area (Å²) in [6, 6.07) is 2.01. The van der Waals surface area contributed by atoms with Crippen molar-refractivity contribution in [1.82, 2.24) is 4.72 Å². The molecule has 8 heteroatoms. The molecule has 1 atom stereocenters. The van der Waals surface area contributed by atoms with E-state index in [0.29, 0.717) is 0 Å². The molecular formula is C12H19NO5S2. The molecule has 20 heavy (non-hydrogen) atoms. The minimum absolute atomic E-state index is 0.0964. The summed E-state index contributed by atoms with van der Waals surface area (Å²) in [6.45, 7) is 5.35. The molecule has 0 aliphatic heterocycles. The van der Waals surface area contributed by atoms with Gasteiger partial charge in [-0.15, -0.1) is 11.3 Å². The molecular weight excluding hydrogens is 302 g/mol. The summed E-state index contributed by atoms with van der Waals surface area (Å²) in [5, 5.41) is 1.65. The van der Waals surface area contributed by atoms with Crippen molar-refractivity contribution in [3.63, 3.8) is 0 Å². The SMILES string of the molecule is COC(=O)C(COC(C)(C)C)NS(=O)(=O)c1cccs1. The maximum absolute atomic E-state index is 12.1. The van der Waals surface area contributed by atoms with E-state index < -0.39 is 27.6 Å². The van der Waals surface area contributed by atoms with Crippen LogP contribution in [0.3, 0.4) is 0 Å². The number of rotatable bonds is 6. The van der Waals surface area contributed by atoms with Crippen molar-refractivity contribution in [2.24, 2.45) is 0 Å². The van der Waals surface area contributed by atoms with Crippen molar-refractivity contribution in [2.45, 2.75) is 36.6 Å². The summed E-state index contributed by atoms with van der Waals surface area (Å²) in [4.78, 5) is 11.7. The van der Waals surface area contributed by atoms with Gasteiger partial charge in [-0.1, -0.05) is 6.07 Å². The Morgan fingerprint density at radius 2 is 2.10 bits per heavy atom. The second-order valence-corrected chi connectivity index (χ2v) is 7.94. The van der Waals surface area contributed by atoms with Gasteiger partial charge in [-0.25, -0.2) is 8.42 Å². The number of nitrogens with one attached hydrogen (secondary N) is 1. The Hall–Kier alpha value is -0.960. The van der Waals surface area contributed by atoms with Gasteiger partial charge in [-0.05, 0) is 32.2 Å². The van der Waals surface area contributed by atoms with Crippen LogP contribution in [-0.4, -0.2) is 39.7 Å². The van der Waals surface area contributed by atoms with E-state index in [4.69, 9.17) is 4.74 Å². The molecule has 1 unspecified atom stereocenters. The van der Waals surface area contributed by atoms with Crippen LogP contribution in [0.15, 0.2) is 21.7 Å². The zero-order chi connectivity index (χ0) is 15.4. The Balaban J connectivity index is 2.83.